The SMILES string of the molecule is CCOc1cn(-c2ccccc2)nc1C(=O)N(CCO)C1CC1. The van der Waals surface area contributed by atoms with Crippen LogP contribution in [0.3, 0.4) is 0 Å². The van der Waals surface area contributed by atoms with Crippen molar-refractivity contribution in [1.82, 2.24) is 14.7 Å². The van der Waals surface area contributed by atoms with E-state index in [0.29, 0.717) is 24.6 Å². The van der Waals surface area contributed by atoms with Crippen molar-refractivity contribution in [3.8, 4) is 11.4 Å². The van der Waals surface area contributed by atoms with Crippen molar-refractivity contribution in [3.63, 3.8) is 0 Å². The van der Waals surface area contributed by atoms with Crippen LogP contribution in [0.25, 0.3) is 5.69 Å². The molecule has 1 amide bonds. The minimum absolute atomic E-state index is 0.0500. The summed E-state index contributed by atoms with van der Waals surface area (Å²) >= 11 is 0. The lowest BCUT2D eigenvalue weighted by molar-refractivity contribution is 0.0697. The Morgan fingerprint density at radius 1 is 1.39 bits per heavy atom. The molecule has 0 spiro atoms. The molecule has 2 aromatic rings. The average molecular weight is 315 g/mol. The number of hydrogen-bond acceptors (Lipinski definition) is 4. The van der Waals surface area contributed by atoms with E-state index in [1.807, 2.05) is 37.3 Å². The minimum atomic E-state index is -0.181. The fourth-order valence-electron chi connectivity index (χ4n) is 2.56. The van der Waals surface area contributed by atoms with Crippen LogP contribution in [0.5, 0.6) is 5.75 Å². The molecule has 122 valence electrons. The maximum absolute atomic E-state index is 12.8. The number of carbonyl (C=O) groups excluding carboxylic acids is 1. The molecule has 0 saturated heterocycles. The summed E-state index contributed by atoms with van der Waals surface area (Å²) in [5, 5.41) is 13.6. The third-order valence-electron chi connectivity index (χ3n) is 3.79. The maximum atomic E-state index is 12.8. The van der Waals surface area contributed by atoms with Gasteiger partial charge in [-0.2, -0.15) is 5.10 Å². The molecule has 1 aliphatic rings. The van der Waals surface area contributed by atoms with Crippen LogP contribution in [0.1, 0.15) is 30.3 Å². The van der Waals surface area contributed by atoms with Crippen LogP contribution in [-0.4, -0.2) is 51.5 Å². The van der Waals surface area contributed by atoms with E-state index in [0.717, 1.165) is 18.5 Å². The van der Waals surface area contributed by atoms with E-state index in [9.17, 15) is 9.90 Å². The third-order valence-corrected chi connectivity index (χ3v) is 3.79. The first-order valence-electron chi connectivity index (χ1n) is 7.94. The lowest BCUT2D eigenvalue weighted by atomic mass is 10.3. The summed E-state index contributed by atoms with van der Waals surface area (Å²) in [7, 11) is 0. The van der Waals surface area contributed by atoms with E-state index in [1.165, 1.54) is 0 Å². The number of carbonyl (C=O) groups is 1. The molecule has 1 heterocycles. The Labute approximate surface area is 135 Å². The van der Waals surface area contributed by atoms with Crippen LogP contribution in [0.4, 0.5) is 0 Å². The van der Waals surface area contributed by atoms with Gasteiger partial charge in [-0.1, -0.05) is 18.2 Å². The van der Waals surface area contributed by atoms with Gasteiger partial charge in [0, 0.05) is 12.6 Å². The molecule has 23 heavy (non-hydrogen) atoms. The van der Waals surface area contributed by atoms with E-state index in [4.69, 9.17) is 4.74 Å². The van der Waals surface area contributed by atoms with Gasteiger partial charge in [0.1, 0.15) is 0 Å². The first-order chi connectivity index (χ1) is 11.2. The van der Waals surface area contributed by atoms with Gasteiger partial charge in [-0.25, -0.2) is 4.68 Å². The Bertz CT molecular complexity index is 665. The van der Waals surface area contributed by atoms with Crippen LogP contribution in [0, 0.1) is 0 Å². The molecule has 1 aliphatic carbocycles. The Morgan fingerprint density at radius 2 is 2.13 bits per heavy atom. The molecule has 1 fully saturated rings. The fourth-order valence-corrected chi connectivity index (χ4v) is 2.56. The fraction of sp³-hybridized carbons (Fsp3) is 0.412. The Balaban J connectivity index is 1.93. The summed E-state index contributed by atoms with van der Waals surface area (Å²) in [4.78, 5) is 14.5. The lowest BCUT2D eigenvalue weighted by Gasteiger charge is -2.20. The van der Waals surface area contributed by atoms with Gasteiger partial charge in [-0.05, 0) is 31.9 Å². The van der Waals surface area contributed by atoms with Gasteiger partial charge in [-0.3, -0.25) is 4.79 Å². The number of ether oxygens (including phenoxy) is 1. The number of aliphatic hydroxyl groups excluding tert-OH is 1. The normalized spacial score (nSPS) is 13.8. The zero-order valence-electron chi connectivity index (χ0n) is 13.2. The molecule has 0 aliphatic heterocycles. The summed E-state index contributed by atoms with van der Waals surface area (Å²) in [6, 6.07) is 9.82. The molecule has 6 nitrogen and oxygen atoms in total. The number of benzene rings is 1. The predicted octanol–water partition coefficient (Wildman–Crippen LogP) is 1.87. The molecular weight excluding hydrogens is 294 g/mol. The van der Waals surface area contributed by atoms with Gasteiger partial charge < -0.3 is 14.7 Å². The molecule has 1 saturated carbocycles. The summed E-state index contributed by atoms with van der Waals surface area (Å²) in [5.74, 6) is 0.296. The number of nitrogens with zero attached hydrogens (tertiary/aromatic N) is 3. The highest BCUT2D eigenvalue weighted by Gasteiger charge is 2.35. The minimum Gasteiger partial charge on any atom is -0.490 e. The maximum Gasteiger partial charge on any atom is 0.278 e. The van der Waals surface area contributed by atoms with Crippen LogP contribution >= 0.6 is 0 Å². The van der Waals surface area contributed by atoms with Crippen molar-refractivity contribution in [2.75, 3.05) is 19.8 Å². The number of rotatable bonds is 7. The lowest BCUT2D eigenvalue weighted by Crippen LogP contribution is -2.36. The topological polar surface area (TPSA) is 67.6 Å². The van der Waals surface area contributed by atoms with E-state index in [2.05, 4.69) is 5.10 Å². The molecule has 0 atom stereocenters. The van der Waals surface area contributed by atoms with Crippen LogP contribution in [0.15, 0.2) is 36.5 Å². The average Bonchev–Trinajstić information content (AvgIpc) is 3.33. The van der Waals surface area contributed by atoms with Crippen molar-refractivity contribution in [2.45, 2.75) is 25.8 Å². The van der Waals surface area contributed by atoms with Gasteiger partial charge >= 0.3 is 0 Å². The van der Waals surface area contributed by atoms with E-state index >= 15 is 0 Å². The van der Waals surface area contributed by atoms with Crippen LogP contribution < -0.4 is 4.74 Å². The van der Waals surface area contributed by atoms with Gasteiger partial charge in [0.15, 0.2) is 11.4 Å². The van der Waals surface area contributed by atoms with Gasteiger partial charge in [0.2, 0.25) is 0 Å². The highest BCUT2D eigenvalue weighted by Crippen LogP contribution is 2.30. The number of aromatic nitrogens is 2. The van der Waals surface area contributed by atoms with E-state index in [-0.39, 0.29) is 18.6 Å². The van der Waals surface area contributed by atoms with Crippen molar-refractivity contribution in [1.29, 1.82) is 0 Å². The summed E-state index contributed by atoms with van der Waals surface area (Å²) < 4.78 is 7.25. The van der Waals surface area contributed by atoms with Gasteiger partial charge in [-0.15, -0.1) is 0 Å². The standard InChI is InChI=1S/C17H21N3O3/c1-2-23-15-12-20(14-6-4-3-5-7-14)18-16(15)17(22)19(10-11-21)13-8-9-13/h3-7,12-13,21H,2,8-11H2,1H3. The molecule has 3 rings (SSSR count). The molecule has 1 aromatic heterocycles. The van der Waals surface area contributed by atoms with Crippen LogP contribution in [0.2, 0.25) is 0 Å². The summed E-state index contributed by atoms with van der Waals surface area (Å²) in [6.07, 6.45) is 3.69. The second kappa shape index (κ2) is 6.83. The number of para-hydroxylation sites is 1. The Kier molecular flexibility index (Phi) is 4.62. The van der Waals surface area contributed by atoms with Crippen molar-refractivity contribution in [2.24, 2.45) is 0 Å². The largest absolute Gasteiger partial charge is 0.490 e. The first-order valence-corrected chi connectivity index (χ1v) is 7.94. The molecule has 1 aromatic carbocycles. The second-order valence-corrected chi connectivity index (χ2v) is 5.51. The zero-order chi connectivity index (χ0) is 16.2. The number of amides is 1. The second-order valence-electron chi connectivity index (χ2n) is 5.51. The van der Waals surface area contributed by atoms with E-state index < -0.39 is 0 Å². The number of hydrogen-bond donors (Lipinski definition) is 1. The molecule has 0 radical (unpaired) electrons. The highest BCUT2D eigenvalue weighted by molar-refractivity contribution is 5.95. The first kappa shape index (κ1) is 15.6. The highest BCUT2D eigenvalue weighted by atomic mass is 16.5. The quantitative estimate of drug-likeness (QED) is 0.847. The smallest absolute Gasteiger partial charge is 0.278 e. The molecule has 0 bridgehead atoms. The predicted molar refractivity (Wildman–Crippen MR) is 85.9 cm³/mol. The van der Waals surface area contributed by atoms with Gasteiger partial charge in [0.25, 0.3) is 5.91 Å². The Morgan fingerprint density at radius 3 is 2.74 bits per heavy atom. The molecule has 1 N–H and O–H groups in total. The third kappa shape index (κ3) is 3.37. The molecule has 6 heteroatoms. The summed E-state index contributed by atoms with van der Waals surface area (Å²) in [5.41, 5.74) is 1.17. The molecule has 0 unspecified atom stereocenters. The Hall–Kier alpha value is -2.34. The van der Waals surface area contributed by atoms with Crippen molar-refractivity contribution < 1.29 is 14.6 Å². The van der Waals surface area contributed by atoms with Crippen molar-refractivity contribution in [3.05, 3.63) is 42.2 Å². The van der Waals surface area contributed by atoms with E-state index in [1.54, 1.807) is 15.8 Å². The van der Waals surface area contributed by atoms with Gasteiger partial charge in [0.05, 0.1) is 25.1 Å². The molecular formula is C17H21N3O3. The zero-order valence-corrected chi connectivity index (χ0v) is 13.2. The summed E-state index contributed by atoms with van der Waals surface area (Å²) in [6.45, 7) is 2.61. The van der Waals surface area contributed by atoms with Crippen molar-refractivity contribution >= 4 is 5.91 Å². The van der Waals surface area contributed by atoms with Crippen LogP contribution in [-0.2, 0) is 0 Å². The monoisotopic (exact) mass is 315 g/mol. The number of aliphatic hydroxyl groups is 1.